The summed E-state index contributed by atoms with van der Waals surface area (Å²) < 4.78 is 0. The number of pyridine rings is 1. The van der Waals surface area contributed by atoms with Crippen LogP contribution in [0.2, 0.25) is 0 Å². The van der Waals surface area contributed by atoms with E-state index in [0.29, 0.717) is 10.8 Å². The lowest BCUT2D eigenvalue weighted by Crippen LogP contribution is -1.96. The van der Waals surface area contributed by atoms with Gasteiger partial charge in [0, 0.05) is 16.5 Å². The SMILES string of the molecule is [N-]=[N+]=NC(=O)c1cnc(O)c2ccccc12. The Kier molecular flexibility index (Phi) is 2.41. The van der Waals surface area contributed by atoms with Crippen LogP contribution in [0.3, 0.4) is 0 Å². The van der Waals surface area contributed by atoms with Gasteiger partial charge >= 0.3 is 0 Å². The summed E-state index contributed by atoms with van der Waals surface area (Å²) in [5, 5.41) is 13.4. The fourth-order valence-corrected chi connectivity index (χ4v) is 1.44. The van der Waals surface area contributed by atoms with E-state index in [2.05, 4.69) is 15.0 Å². The molecular formula is C10H6N4O2. The minimum absolute atomic E-state index is 0.159. The molecule has 0 bridgehead atoms. The number of benzene rings is 1. The Morgan fingerprint density at radius 2 is 2.06 bits per heavy atom. The predicted molar refractivity (Wildman–Crippen MR) is 56.9 cm³/mol. The number of carbonyl (C=O) groups is 1. The Morgan fingerprint density at radius 1 is 1.38 bits per heavy atom. The number of nitrogens with zero attached hydrogens (tertiary/aromatic N) is 4. The predicted octanol–water partition coefficient (Wildman–Crippen LogP) is 2.39. The summed E-state index contributed by atoms with van der Waals surface area (Å²) in [7, 11) is 0. The molecular weight excluding hydrogens is 208 g/mol. The van der Waals surface area contributed by atoms with Crippen LogP contribution in [-0.2, 0) is 0 Å². The summed E-state index contributed by atoms with van der Waals surface area (Å²) >= 11 is 0. The van der Waals surface area contributed by atoms with Crippen LogP contribution in [0.4, 0.5) is 0 Å². The summed E-state index contributed by atoms with van der Waals surface area (Å²) in [5.74, 6) is -0.876. The normalized spacial score (nSPS) is 9.75. The van der Waals surface area contributed by atoms with Gasteiger partial charge in [-0.05, 0) is 22.1 Å². The van der Waals surface area contributed by atoms with Crippen LogP contribution in [0.5, 0.6) is 5.88 Å². The molecule has 1 amide bonds. The summed E-state index contributed by atoms with van der Waals surface area (Å²) in [6, 6.07) is 6.71. The van der Waals surface area contributed by atoms with Crippen molar-refractivity contribution in [2.45, 2.75) is 0 Å². The van der Waals surface area contributed by atoms with Crippen LogP contribution in [0.15, 0.2) is 35.6 Å². The number of amides is 1. The van der Waals surface area contributed by atoms with Gasteiger partial charge in [0.25, 0.3) is 5.91 Å². The van der Waals surface area contributed by atoms with E-state index in [1.165, 1.54) is 6.20 Å². The molecule has 0 atom stereocenters. The number of azide groups is 1. The van der Waals surface area contributed by atoms with Crippen LogP contribution in [-0.4, -0.2) is 16.0 Å². The van der Waals surface area contributed by atoms with E-state index in [1.54, 1.807) is 24.3 Å². The highest BCUT2D eigenvalue weighted by atomic mass is 16.3. The third kappa shape index (κ3) is 1.53. The molecule has 0 radical (unpaired) electrons. The molecule has 6 nitrogen and oxygen atoms in total. The summed E-state index contributed by atoms with van der Waals surface area (Å²) in [6.07, 6.45) is 1.19. The molecule has 1 aromatic carbocycles. The van der Waals surface area contributed by atoms with Crippen molar-refractivity contribution in [2.75, 3.05) is 0 Å². The molecule has 0 unspecified atom stereocenters. The second-order valence-corrected chi connectivity index (χ2v) is 3.04. The van der Waals surface area contributed by atoms with E-state index in [0.717, 1.165) is 0 Å². The molecule has 16 heavy (non-hydrogen) atoms. The zero-order valence-electron chi connectivity index (χ0n) is 8.03. The monoisotopic (exact) mass is 214 g/mol. The first-order chi connectivity index (χ1) is 7.74. The zero-order valence-corrected chi connectivity index (χ0v) is 8.03. The third-order valence-electron chi connectivity index (χ3n) is 2.14. The first kappa shape index (κ1) is 9.95. The second kappa shape index (κ2) is 3.88. The third-order valence-corrected chi connectivity index (χ3v) is 2.14. The lowest BCUT2D eigenvalue weighted by molar-refractivity contribution is 0.100. The van der Waals surface area contributed by atoms with Gasteiger partial charge in [-0.2, -0.15) is 0 Å². The number of carbonyl (C=O) groups excluding carboxylic acids is 1. The van der Waals surface area contributed by atoms with E-state index >= 15 is 0 Å². The number of hydrogen-bond donors (Lipinski definition) is 1. The maximum Gasteiger partial charge on any atom is 0.251 e. The lowest BCUT2D eigenvalue weighted by atomic mass is 10.1. The van der Waals surface area contributed by atoms with Crippen molar-refractivity contribution in [3.05, 3.63) is 46.5 Å². The van der Waals surface area contributed by atoms with E-state index in [4.69, 9.17) is 5.53 Å². The Labute approximate surface area is 89.8 Å². The van der Waals surface area contributed by atoms with Crippen molar-refractivity contribution < 1.29 is 9.90 Å². The Balaban J connectivity index is 2.77. The number of fused-ring (bicyclic) bond motifs is 1. The maximum absolute atomic E-state index is 11.4. The van der Waals surface area contributed by atoms with Crippen LogP contribution in [0.1, 0.15) is 10.4 Å². The first-order valence-corrected chi connectivity index (χ1v) is 4.40. The summed E-state index contributed by atoms with van der Waals surface area (Å²) in [5.41, 5.74) is 8.36. The molecule has 1 N–H and O–H groups in total. The summed E-state index contributed by atoms with van der Waals surface area (Å²) in [4.78, 5) is 17.5. The van der Waals surface area contributed by atoms with Crippen LogP contribution >= 0.6 is 0 Å². The first-order valence-electron chi connectivity index (χ1n) is 4.40. The highest BCUT2D eigenvalue weighted by molar-refractivity contribution is 6.08. The highest BCUT2D eigenvalue weighted by Crippen LogP contribution is 2.25. The topological polar surface area (TPSA) is 99.0 Å². The van der Waals surface area contributed by atoms with Gasteiger partial charge in [-0.15, -0.1) is 0 Å². The number of rotatable bonds is 1. The molecule has 1 aromatic heterocycles. The molecule has 0 aliphatic heterocycles. The Hall–Kier alpha value is -2.59. The maximum atomic E-state index is 11.4. The molecule has 1 heterocycles. The van der Waals surface area contributed by atoms with Crippen molar-refractivity contribution in [1.29, 1.82) is 0 Å². The van der Waals surface area contributed by atoms with Gasteiger partial charge in [0.05, 0.1) is 5.56 Å². The molecule has 2 aromatic rings. The van der Waals surface area contributed by atoms with Gasteiger partial charge in [0.1, 0.15) is 0 Å². The zero-order chi connectivity index (χ0) is 11.5. The van der Waals surface area contributed by atoms with E-state index in [-0.39, 0.29) is 11.4 Å². The van der Waals surface area contributed by atoms with Crippen LogP contribution < -0.4 is 0 Å². The van der Waals surface area contributed by atoms with Gasteiger partial charge < -0.3 is 5.11 Å². The summed E-state index contributed by atoms with van der Waals surface area (Å²) in [6.45, 7) is 0. The molecule has 0 spiro atoms. The smallest absolute Gasteiger partial charge is 0.251 e. The van der Waals surface area contributed by atoms with E-state index < -0.39 is 5.91 Å². The average Bonchev–Trinajstić information content (AvgIpc) is 2.30. The molecule has 0 saturated heterocycles. The van der Waals surface area contributed by atoms with E-state index in [1.807, 2.05) is 0 Å². The van der Waals surface area contributed by atoms with Crippen molar-refractivity contribution in [3.63, 3.8) is 0 Å². The van der Waals surface area contributed by atoms with Crippen LogP contribution in [0.25, 0.3) is 21.2 Å². The molecule has 6 heteroatoms. The molecule has 2 rings (SSSR count). The van der Waals surface area contributed by atoms with Gasteiger partial charge in [0.2, 0.25) is 5.88 Å². The van der Waals surface area contributed by atoms with Crippen molar-refractivity contribution in [3.8, 4) is 5.88 Å². The average molecular weight is 214 g/mol. The van der Waals surface area contributed by atoms with Gasteiger partial charge in [-0.25, -0.2) is 4.98 Å². The van der Waals surface area contributed by atoms with Crippen molar-refractivity contribution in [2.24, 2.45) is 5.11 Å². The van der Waals surface area contributed by atoms with E-state index in [9.17, 15) is 9.90 Å². The number of hydrogen-bond acceptors (Lipinski definition) is 3. The van der Waals surface area contributed by atoms with Gasteiger partial charge in [0.15, 0.2) is 0 Å². The van der Waals surface area contributed by atoms with Gasteiger partial charge in [-0.3, -0.25) is 4.79 Å². The minimum atomic E-state index is -0.716. The quantitative estimate of drug-likeness (QED) is 0.448. The largest absolute Gasteiger partial charge is 0.493 e. The second-order valence-electron chi connectivity index (χ2n) is 3.04. The van der Waals surface area contributed by atoms with Gasteiger partial charge in [-0.1, -0.05) is 18.2 Å². The number of aromatic hydroxyl groups is 1. The minimum Gasteiger partial charge on any atom is -0.493 e. The fourth-order valence-electron chi connectivity index (χ4n) is 1.44. The standard InChI is InChI=1S/C10H6N4O2/c11-14-13-10(16)8-5-12-9(15)7-4-2-1-3-6(7)8/h1-5H,(H,12,15). The highest BCUT2D eigenvalue weighted by Gasteiger charge is 2.11. The fraction of sp³-hybridized carbons (Fsp3) is 0. The van der Waals surface area contributed by atoms with Crippen molar-refractivity contribution in [1.82, 2.24) is 4.98 Å². The van der Waals surface area contributed by atoms with Crippen LogP contribution in [0, 0.1) is 0 Å². The molecule has 0 aliphatic carbocycles. The molecule has 0 fully saturated rings. The van der Waals surface area contributed by atoms with Crippen molar-refractivity contribution >= 4 is 16.7 Å². The molecule has 0 aliphatic rings. The molecule has 78 valence electrons. The lowest BCUT2D eigenvalue weighted by Gasteiger charge is -2.03. The Bertz CT molecular complexity index is 617. The number of aromatic nitrogens is 1. The Morgan fingerprint density at radius 3 is 2.75 bits per heavy atom. The molecule has 0 saturated carbocycles.